The van der Waals surface area contributed by atoms with Crippen LogP contribution in [-0.4, -0.2) is 40.2 Å². The Hall–Kier alpha value is -1.07. The molecule has 0 unspecified atom stereocenters. The van der Waals surface area contributed by atoms with E-state index in [2.05, 4.69) is 10.4 Å². The molecular formula is C13H21ClN4O. The van der Waals surface area contributed by atoms with Gasteiger partial charge in [0.25, 0.3) is 0 Å². The van der Waals surface area contributed by atoms with Crippen LogP contribution in [0.15, 0.2) is 0 Å². The maximum atomic E-state index is 12.0. The maximum Gasteiger partial charge on any atom is 0.236 e. The summed E-state index contributed by atoms with van der Waals surface area (Å²) < 4.78 is 1.91. The molecule has 0 atom stereocenters. The average molecular weight is 285 g/mol. The summed E-state index contributed by atoms with van der Waals surface area (Å²) in [5.74, 6) is 0.135. The number of hydrogen-bond acceptors (Lipinski definition) is 3. The molecule has 0 aromatic carbocycles. The van der Waals surface area contributed by atoms with E-state index >= 15 is 0 Å². The predicted molar refractivity (Wildman–Crippen MR) is 75.2 cm³/mol. The number of nitrogens with one attached hydrogen (secondary N) is 1. The van der Waals surface area contributed by atoms with Crippen molar-refractivity contribution < 1.29 is 4.79 Å². The number of aromatic nitrogens is 2. The summed E-state index contributed by atoms with van der Waals surface area (Å²) in [4.78, 5) is 13.9. The fraction of sp³-hybridized carbons (Fsp3) is 0.692. The van der Waals surface area contributed by atoms with Crippen LogP contribution in [0.5, 0.6) is 0 Å². The molecule has 1 aromatic heterocycles. The average Bonchev–Trinajstić information content (AvgIpc) is 2.57. The highest BCUT2D eigenvalue weighted by molar-refractivity contribution is 6.31. The summed E-state index contributed by atoms with van der Waals surface area (Å²) in [7, 11) is 0. The third kappa shape index (κ3) is 3.09. The van der Waals surface area contributed by atoms with Crippen molar-refractivity contribution in [3.05, 3.63) is 16.4 Å². The van der Waals surface area contributed by atoms with Gasteiger partial charge >= 0.3 is 0 Å². The van der Waals surface area contributed by atoms with Crippen molar-refractivity contribution in [1.29, 1.82) is 0 Å². The number of amides is 1. The summed E-state index contributed by atoms with van der Waals surface area (Å²) in [6.45, 7) is 7.49. The first-order valence-electron chi connectivity index (χ1n) is 6.89. The highest BCUT2D eigenvalue weighted by atomic mass is 35.5. The molecule has 0 bridgehead atoms. The zero-order chi connectivity index (χ0) is 13.8. The van der Waals surface area contributed by atoms with Crippen LogP contribution in [0, 0.1) is 0 Å². The molecule has 1 saturated heterocycles. The predicted octanol–water partition coefficient (Wildman–Crippen LogP) is 1.44. The first-order valence-corrected chi connectivity index (χ1v) is 7.27. The van der Waals surface area contributed by atoms with Gasteiger partial charge in [-0.1, -0.05) is 18.5 Å². The van der Waals surface area contributed by atoms with Gasteiger partial charge in [0.2, 0.25) is 5.91 Å². The van der Waals surface area contributed by atoms with Crippen molar-refractivity contribution in [2.45, 2.75) is 39.8 Å². The SMILES string of the molecule is CCc1nn(CC)c(CN2CCCNCC2=O)c1Cl. The lowest BCUT2D eigenvalue weighted by atomic mass is 10.2. The minimum absolute atomic E-state index is 0.135. The highest BCUT2D eigenvalue weighted by Crippen LogP contribution is 2.23. The van der Waals surface area contributed by atoms with Gasteiger partial charge in [-0.15, -0.1) is 0 Å². The van der Waals surface area contributed by atoms with Crippen LogP contribution in [0.3, 0.4) is 0 Å². The molecule has 1 aliphatic rings. The lowest BCUT2D eigenvalue weighted by Crippen LogP contribution is -2.35. The van der Waals surface area contributed by atoms with Gasteiger partial charge in [0.15, 0.2) is 0 Å². The zero-order valence-corrected chi connectivity index (χ0v) is 12.3. The molecule has 0 aliphatic carbocycles. The number of hydrogen-bond donors (Lipinski definition) is 1. The fourth-order valence-electron chi connectivity index (χ4n) is 2.34. The molecule has 1 aromatic rings. The van der Waals surface area contributed by atoms with Crippen molar-refractivity contribution in [3.63, 3.8) is 0 Å². The van der Waals surface area contributed by atoms with Gasteiger partial charge in [0.1, 0.15) is 0 Å². The van der Waals surface area contributed by atoms with Gasteiger partial charge < -0.3 is 10.2 Å². The molecule has 2 rings (SSSR count). The third-order valence-corrected chi connectivity index (χ3v) is 3.88. The molecular weight excluding hydrogens is 264 g/mol. The van der Waals surface area contributed by atoms with E-state index < -0.39 is 0 Å². The van der Waals surface area contributed by atoms with Gasteiger partial charge in [-0.3, -0.25) is 9.48 Å². The van der Waals surface area contributed by atoms with E-state index in [4.69, 9.17) is 11.6 Å². The number of nitrogens with zero attached hydrogens (tertiary/aromatic N) is 3. The molecule has 1 aliphatic heterocycles. The van der Waals surface area contributed by atoms with Crippen molar-refractivity contribution in [2.24, 2.45) is 0 Å². The summed E-state index contributed by atoms with van der Waals surface area (Å²) in [5, 5.41) is 8.33. The molecule has 1 amide bonds. The van der Waals surface area contributed by atoms with E-state index in [0.717, 1.165) is 43.9 Å². The molecule has 6 heteroatoms. The normalized spacial score (nSPS) is 16.8. The van der Waals surface area contributed by atoms with Crippen molar-refractivity contribution in [2.75, 3.05) is 19.6 Å². The summed E-state index contributed by atoms with van der Waals surface area (Å²) in [6.07, 6.45) is 1.79. The maximum absolute atomic E-state index is 12.0. The second-order valence-corrected chi connectivity index (χ2v) is 5.10. The topological polar surface area (TPSA) is 50.2 Å². The number of aryl methyl sites for hydroxylation is 2. The van der Waals surface area contributed by atoms with Gasteiger partial charge in [0.05, 0.1) is 29.5 Å². The Morgan fingerprint density at radius 1 is 1.42 bits per heavy atom. The minimum Gasteiger partial charge on any atom is -0.336 e. The van der Waals surface area contributed by atoms with E-state index in [1.807, 2.05) is 23.4 Å². The molecule has 0 saturated carbocycles. The standard InChI is InChI=1S/C13H21ClN4O/c1-3-10-13(14)11(18(4-2)16-10)9-17-7-5-6-15-8-12(17)19/h15H,3-9H2,1-2H3. The Bertz CT molecular complexity index is 458. The molecule has 19 heavy (non-hydrogen) atoms. The minimum atomic E-state index is 0.135. The van der Waals surface area contributed by atoms with E-state index in [0.29, 0.717) is 18.1 Å². The van der Waals surface area contributed by atoms with Gasteiger partial charge in [-0.25, -0.2) is 0 Å². The van der Waals surface area contributed by atoms with E-state index in [-0.39, 0.29) is 5.91 Å². The van der Waals surface area contributed by atoms with Crippen molar-refractivity contribution >= 4 is 17.5 Å². The van der Waals surface area contributed by atoms with Crippen LogP contribution in [-0.2, 0) is 24.3 Å². The van der Waals surface area contributed by atoms with Crippen LogP contribution in [0.2, 0.25) is 5.02 Å². The van der Waals surface area contributed by atoms with Gasteiger partial charge in [0, 0.05) is 13.1 Å². The van der Waals surface area contributed by atoms with Gasteiger partial charge in [-0.2, -0.15) is 5.10 Å². The number of rotatable bonds is 4. The van der Waals surface area contributed by atoms with Crippen LogP contribution >= 0.6 is 11.6 Å². The first kappa shape index (κ1) is 14.3. The first-order chi connectivity index (χ1) is 9.17. The van der Waals surface area contributed by atoms with Crippen LogP contribution in [0.1, 0.15) is 31.7 Å². The Kier molecular flexibility index (Phi) is 4.82. The smallest absolute Gasteiger partial charge is 0.236 e. The molecule has 0 radical (unpaired) electrons. The Morgan fingerprint density at radius 3 is 2.89 bits per heavy atom. The second kappa shape index (κ2) is 6.39. The molecule has 0 spiro atoms. The van der Waals surface area contributed by atoms with E-state index in [1.165, 1.54) is 0 Å². The summed E-state index contributed by atoms with van der Waals surface area (Å²) >= 11 is 6.38. The van der Waals surface area contributed by atoms with Crippen LogP contribution in [0.4, 0.5) is 0 Å². The lowest BCUT2D eigenvalue weighted by Gasteiger charge is -2.20. The monoisotopic (exact) mass is 284 g/mol. The van der Waals surface area contributed by atoms with Crippen molar-refractivity contribution in [1.82, 2.24) is 20.0 Å². The molecule has 1 fully saturated rings. The highest BCUT2D eigenvalue weighted by Gasteiger charge is 2.21. The number of carbonyl (C=O) groups is 1. The molecule has 106 valence electrons. The Balaban J connectivity index is 2.21. The largest absolute Gasteiger partial charge is 0.336 e. The van der Waals surface area contributed by atoms with E-state index in [1.54, 1.807) is 0 Å². The summed E-state index contributed by atoms with van der Waals surface area (Å²) in [5.41, 5.74) is 1.87. The summed E-state index contributed by atoms with van der Waals surface area (Å²) in [6, 6.07) is 0. The number of carbonyl (C=O) groups excluding carboxylic acids is 1. The quantitative estimate of drug-likeness (QED) is 0.910. The van der Waals surface area contributed by atoms with E-state index in [9.17, 15) is 4.79 Å². The molecule has 5 nitrogen and oxygen atoms in total. The molecule has 2 heterocycles. The third-order valence-electron chi connectivity index (χ3n) is 3.45. The Morgan fingerprint density at radius 2 is 2.21 bits per heavy atom. The number of halogens is 1. The zero-order valence-electron chi connectivity index (χ0n) is 11.6. The van der Waals surface area contributed by atoms with Gasteiger partial charge in [-0.05, 0) is 26.3 Å². The lowest BCUT2D eigenvalue weighted by molar-refractivity contribution is -0.130. The second-order valence-electron chi connectivity index (χ2n) is 4.72. The Labute approximate surface area is 118 Å². The molecule has 1 N–H and O–H groups in total. The van der Waals surface area contributed by atoms with Crippen LogP contribution in [0.25, 0.3) is 0 Å². The fourth-order valence-corrected chi connectivity index (χ4v) is 2.67. The van der Waals surface area contributed by atoms with Crippen LogP contribution < -0.4 is 5.32 Å². The van der Waals surface area contributed by atoms with Crippen molar-refractivity contribution in [3.8, 4) is 0 Å².